The van der Waals surface area contributed by atoms with Gasteiger partial charge in [-0.05, 0) is 60.1 Å². The van der Waals surface area contributed by atoms with Crippen LogP contribution in [-0.4, -0.2) is 71.4 Å². The maximum Gasteiger partial charge on any atom is 0.257 e. The van der Waals surface area contributed by atoms with Gasteiger partial charge in [-0.25, -0.2) is 0 Å². The van der Waals surface area contributed by atoms with Crippen molar-refractivity contribution < 1.29 is 24.5 Å². The highest BCUT2D eigenvalue weighted by Gasteiger charge is 2.42. The Hall–Kier alpha value is -2.32. The molecular formula is C30H41ClN2O5. The molecule has 1 saturated heterocycles. The molecule has 0 saturated carbocycles. The lowest BCUT2D eigenvalue weighted by Crippen LogP contribution is -2.46. The number of phenolic OH excluding ortho intramolecular Hbond substituents is 1. The highest BCUT2D eigenvalue weighted by Crippen LogP contribution is 2.44. The van der Waals surface area contributed by atoms with Crippen molar-refractivity contribution in [2.45, 2.75) is 58.8 Å². The van der Waals surface area contributed by atoms with Gasteiger partial charge in [-0.15, -0.1) is 0 Å². The van der Waals surface area contributed by atoms with Crippen molar-refractivity contribution in [3.05, 3.63) is 58.1 Å². The van der Waals surface area contributed by atoms with Gasteiger partial charge in [0.05, 0.1) is 17.8 Å². The first-order valence-corrected chi connectivity index (χ1v) is 14.0. The molecule has 0 aromatic heterocycles. The number of phenols is 1. The van der Waals surface area contributed by atoms with Gasteiger partial charge in [-0.2, -0.15) is 0 Å². The second-order valence-corrected chi connectivity index (χ2v) is 12.0. The lowest BCUT2D eigenvalue weighted by Gasteiger charge is -2.39. The molecule has 2 aromatic carbocycles. The third-order valence-electron chi connectivity index (χ3n) is 7.28. The number of ether oxygens (including phenoxy) is 2. The van der Waals surface area contributed by atoms with E-state index in [2.05, 4.69) is 38.7 Å². The first-order chi connectivity index (χ1) is 18.1. The van der Waals surface area contributed by atoms with E-state index in [-0.39, 0.29) is 23.9 Å². The number of hydrogen-bond acceptors (Lipinski definition) is 6. The van der Waals surface area contributed by atoms with Crippen molar-refractivity contribution in [2.24, 2.45) is 11.8 Å². The van der Waals surface area contributed by atoms with Gasteiger partial charge in [-0.3, -0.25) is 4.79 Å². The number of likely N-dealkylation sites (tertiary alicyclic amines) is 1. The molecule has 7 nitrogen and oxygen atoms in total. The summed E-state index contributed by atoms with van der Waals surface area (Å²) in [6.07, 6.45) is 0.955. The summed E-state index contributed by atoms with van der Waals surface area (Å²) in [4.78, 5) is 17.5. The summed E-state index contributed by atoms with van der Waals surface area (Å²) in [5.41, 5.74) is 2.52. The van der Waals surface area contributed by atoms with Crippen molar-refractivity contribution in [2.75, 3.05) is 39.3 Å². The van der Waals surface area contributed by atoms with E-state index in [1.807, 2.05) is 17.0 Å². The number of nitrogens with zero attached hydrogens (tertiary/aromatic N) is 2. The fraction of sp³-hybridized carbons (Fsp3) is 0.567. The Morgan fingerprint density at radius 2 is 1.79 bits per heavy atom. The third-order valence-corrected chi connectivity index (χ3v) is 7.52. The largest absolute Gasteiger partial charge is 0.508 e. The second-order valence-electron chi connectivity index (χ2n) is 11.5. The van der Waals surface area contributed by atoms with Crippen LogP contribution < -0.4 is 4.74 Å². The molecule has 1 atom stereocenters. The number of aliphatic hydroxyl groups is 1. The number of fused-ring (bicyclic) bond motifs is 2. The van der Waals surface area contributed by atoms with Crippen LogP contribution >= 0.6 is 11.6 Å². The zero-order chi connectivity index (χ0) is 27.4. The number of carbonyl (C=O) groups excluding carboxylic acids is 1. The molecule has 38 heavy (non-hydrogen) atoms. The zero-order valence-electron chi connectivity index (χ0n) is 23.0. The van der Waals surface area contributed by atoms with Gasteiger partial charge < -0.3 is 29.5 Å². The topological polar surface area (TPSA) is 82.5 Å². The Kier molecular flexibility index (Phi) is 9.24. The van der Waals surface area contributed by atoms with Gasteiger partial charge >= 0.3 is 0 Å². The molecule has 0 radical (unpaired) electrons. The first-order valence-electron chi connectivity index (χ1n) is 13.6. The van der Waals surface area contributed by atoms with E-state index >= 15 is 0 Å². The summed E-state index contributed by atoms with van der Waals surface area (Å²) < 4.78 is 12.2. The summed E-state index contributed by atoms with van der Waals surface area (Å²) in [5, 5.41) is 21.6. The van der Waals surface area contributed by atoms with E-state index in [1.165, 1.54) is 17.7 Å². The lowest BCUT2D eigenvalue weighted by molar-refractivity contribution is -0.0835. The van der Waals surface area contributed by atoms with Gasteiger partial charge in [-0.1, -0.05) is 45.4 Å². The Morgan fingerprint density at radius 3 is 2.45 bits per heavy atom. The number of aromatic hydroxyl groups is 1. The van der Waals surface area contributed by atoms with Crippen molar-refractivity contribution in [1.29, 1.82) is 0 Å². The van der Waals surface area contributed by atoms with E-state index in [0.717, 1.165) is 36.5 Å². The summed E-state index contributed by atoms with van der Waals surface area (Å²) >= 11 is 6.16. The number of benzene rings is 2. The summed E-state index contributed by atoms with van der Waals surface area (Å²) in [5.74, 6) is 0.830. The van der Waals surface area contributed by atoms with Crippen LogP contribution in [0.4, 0.5) is 0 Å². The second kappa shape index (κ2) is 12.2. The van der Waals surface area contributed by atoms with Crippen molar-refractivity contribution in [1.82, 2.24) is 9.80 Å². The van der Waals surface area contributed by atoms with Gasteiger partial charge in [0.1, 0.15) is 24.2 Å². The predicted molar refractivity (Wildman–Crippen MR) is 149 cm³/mol. The van der Waals surface area contributed by atoms with Crippen LogP contribution in [0.25, 0.3) is 0 Å². The van der Waals surface area contributed by atoms with Crippen LogP contribution in [0, 0.1) is 11.8 Å². The average molecular weight is 545 g/mol. The molecular weight excluding hydrogens is 504 g/mol. The molecule has 8 heteroatoms. The van der Waals surface area contributed by atoms with E-state index < -0.39 is 6.10 Å². The fourth-order valence-corrected chi connectivity index (χ4v) is 5.76. The number of piperidine rings is 1. The van der Waals surface area contributed by atoms with Crippen LogP contribution in [0.2, 0.25) is 5.02 Å². The number of β-amino-alcohol motifs (C(OH)–C–C–N with tert-alkyl or cyclic N) is 1. The van der Waals surface area contributed by atoms with Crippen LogP contribution in [0.1, 0.15) is 62.0 Å². The van der Waals surface area contributed by atoms with E-state index in [1.54, 1.807) is 6.07 Å². The number of aliphatic hydroxyl groups excluding tert-OH is 1. The molecule has 208 valence electrons. The van der Waals surface area contributed by atoms with Crippen molar-refractivity contribution in [3.63, 3.8) is 0 Å². The molecule has 0 aliphatic carbocycles. The molecule has 2 heterocycles. The Bertz CT molecular complexity index is 1100. The minimum atomic E-state index is -0.743. The van der Waals surface area contributed by atoms with Crippen LogP contribution in [0.15, 0.2) is 36.4 Å². The fourth-order valence-electron chi connectivity index (χ4n) is 5.57. The molecule has 2 aromatic rings. The molecule has 1 spiro atoms. The average Bonchev–Trinajstić information content (AvgIpc) is 3.20. The molecule has 0 bridgehead atoms. The number of halogens is 1. The summed E-state index contributed by atoms with van der Waals surface area (Å²) in [6.45, 7) is 12.3. The van der Waals surface area contributed by atoms with Crippen LogP contribution in [0.3, 0.4) is 0 Å². The smallest absolute Gasteiger partial charge is 0.257 e. The van der Waals surface area contributed by atoms with Gasteiger partial charge in [0.15, 0.2) is 0 Å². The van der Waals surface area contributed by atoms with E-state index in [4.69, 9.17) is 21.1 Å². The molecule has 1 amide bonds. The third kappa shape index (κ3) is 6.81. The molecule has 1 fully saturated rings. The maximum atomic E-state index is 13.4. The van der Waals surface area contributed by atoms with Gasteiger partial charge in [0.2, 0.25) is 0 Å². The summed E-state index contributed by atoms with van der Waals surface area (Å²) in [7, 11) is 0. The van der Waals surface area contributed by atoms with E-state index in [9.17, 15) is 15.0 Å². The maximum absolute atomic E-state index is 13.4. The number of amides is 1. The van der Waals surface area contributed by atoms with Crippen molar-refractivity contribution >= 4 is 17.5 Å². The molecule has 4 rings (SSSR count). The molecule has 2 aliphatic rings. The number of rotatable bonds is 10. The molecule has 2 N–H and O–H groups in total. The van der Waals surface area contributed by atoms with Crippen LogP contribution in [-0.2, 0) is 16.9 Å². The van der Waals surface area contributed by atoms with Gasteiger partial charge in [0.25, 0.3) is 5.91 Å². The highest BCUT2D eigenvalue weighted by molar-refractivity contribution is 6.30. The summed E-state index contributed by atoms with van der Waals surface area (Å²) in [6, 6.07) is 10.6. The lowest BCUT2D eigenvalue weighted by atomic mass is 9.84. The normalized spacial score (nSPS) is 17.7. The Morgan fingerprint density at radius 1 is 1.11 bits per heavy atom. The Labute approximate surface area is 231 Å². The van der Waals surface area contributed by atoms with Crippen molar-refractivity contribution in [3.8, 4) is 11.5 Å². The first kappa shape index (κ1) is 28.7. The highest BCUT2D eigenvalue weighted by atomic mass is 35.5. The Balaban J connectivity index is 1.34. The minimum absolute atomic E-state index is 0.0183. The van der Waals surface area contributed by atoms with Gasteiger partial charge in [0, 0.05) is 43.8 Å². The van der Waals surface area contributed by atoms with E-state index in [0.29, 0.717) is 49.4 Å². The zero-order valence-corrected chi connectivity index (χ0v) is 23.7. The molecule has 0 unspecified atom stereocenters. The minimum Gasteiger partial charge on any atom is -0.508 e. The quantitative estimate of drug-likeness (QED) is 0.435. The number of hydrogen-bond donors (Lipinski definition) is 2. The molecule has 2 aliphatic heterocycles. The monoisotopic (exact) mass is 544 g/mol. The number of carbonyl (C=O) groups is 1. The van der Waals surface area contributed by atoms with Crippen LogP contribution in [0.5, 0.6) is 11.5 Å². The predicted octanol–water partition coefficient (Wildman–Crippen LogP) is 5.06. The standard InChI is InChI=1S/C30H41ClN2O5/c1-20(2)15-33(16-21(3)4)29(36)26-7-6-24(34)14-28(26)37-19-25(35)17-32-11-9-30(10-12-32)27-8-5-23(31)13-22(27)18-38-30/h5-8,13-14,20-21,25,34-35H,9-12,15-19H2,1-4H3/t25-/m1/s1. The SMILES string of the molecule is CC(C)CN(CC(C)C)C(=O)c1ccc(O)cc1OC[C@H](O)CN1CCC2(CC1)OCc1cc(Cl)ccc12.